The zero-order valence-electron chi connectivity index (χ0n) is 15.0. The minimum Gasteiger partial charge on any atom is -0.367 e. The van der Waals surface area contributed by atoms with Crippen LogP contribution in [-0.4, -0.2) is 11.7 Å². The van der Waals surface area contributed by atoms with E-state index in [1.807, 2.05) is 0 Å². The van der Waals surface area contributed by atoms with Gasteiger partial charge < -0.3 is 4.74 Å². The fourth-order valence-corrected chi connectivity index (χ4v) is 2.85. The predicted molar refractivity (Wildman–Crippen MR) is 96.0 cm³/mol. The van der Waals surface area contributed by atoms with Gasteiger partial charge in [0, 0.05) is 0 Å². The van der Waals surface area contributed by atoms with Crippen molar-refractivity contribution in [2.75, 3.05) is 0 Å². The molecule has 0 aromatic rings. The summed E-state index contributed by atoms with van der Waals surface area (Å²) in [5.41, 5.74) is 3.20. The summed E-state index contributed by atoms with van der Waals surface area (Å²) in [6.45, 7) is 8.90. The monoisotopic (exact) mass is 302 g/mol. The molecule has 1 saturated heterocycles. The summed E-state index contributed by atoms with van der Waals surface area (Å²) in [5.74, 6) is 0.921. The van der Waals surface area contributed by atoms with E-state index in [9.17, 15) is 0 Å². The SMILES string of the molecule is C/C(=C\CC/C=C/C1CC1)CC/C=C(\C)CCC1OC1(C)C. The largest absolute Gasteiger partial charge is 0.367 e. The van der Waals surface area contributed by atoms with Crippen molar-refractivity contribution in [1.29, 1.82) is 0 Å². The lowest BCUT2D eigenvalue weighted by molar-refractivity contribution is 0.320. The van der Waals surface area contributed by atoms with Crippen LogP contribution in [0.15, 0.2) is 35.5 Å². The number of unbranched alkanes of at least 4 members (excludes halogenated alkanes) is 1. The smallest absolute Gasteiger partial charge is 0.0892 e. The van der Waals surface area contributed by atoms with Crippen LogP contribution in [0.4, 0.5) is 0 Å². The molecular formula is C21H34O. The Balaban J connectivity index is 1.52. The molecule has 0 radical (unpaired) electrons. The minimum atomic E-state index is 0.146. The average molecular weight is 303 g/mol. The Hall–Kier alpha value is -0.820. The molecule has 1 aliphatic carbocycles. The molecule has 0 bridgehead atoms. The predicted octanol–water partition coefficient (Wildman–Crippen LogP) is 6.36. The van der Waals surface area contributed by atoms with Gasteiger partial charge in [-0.3, -0.25) is 0 Å². The molecule has 2 aliphatic rings. The summed E-state index contributed by atoms with van der Waals surface area (Å²) in [5, 5.41) is 0. The Kier molecular flexibility index (Phi) is 6.50. The molecule has 1 heterocycles. The molecule has 124 valence electrons. The van der Waals surface area contributed by atoms with Gasteiger partial charge in [-0.15, -0.1) is 0 Å². The molecule has 0 N–H and O–H groups in total. The zero-order valence-corrected chi connectivity index (χ0v) is 15.0. The van der Waals surface area contributed by atoms with E-state index >= 15 is 0 Å². The van der Waals surface area contributed by atoms with E-state index in [1.165, 1.54) is 62.5 Å². The van der Waals surface area contributed by atoms with Crippen LogP contribution in [0, 0.1) is 5.92 Å². The van der Waals surface area contributed by atoms with Gasteiger partial charge in [0.1, 0.15) is 0 Å². The van der Waals surface area contributed by atoms with E-state index in [-0.39, 0.29) is 5.60 Å². The molecule has 0 aromatic carbocycles. The van der Waals surface area contributed by atoms with E-state index in [2.05, 4.69) is 52.0 Å². The molecule has 2 fully saturated rings. The highest BCUT2D eigenvalue weighted by atomic mass is 16.6. The number of epoxide rings is 1. The third-order valence-electron chi connectivity index (χ3n) is 4.85. The van der Waals surface area contributed by atoms with Crippen molar-refractivity contribution in [2.45, 2.75) is 90.8 Å². The van der Waals surface area contributed by atoms with Crippen molar-refractivity contribution < 1.29 is 4.74 Å². The zero-order chi connectivity index (χ0) is 16.0. The van der Waals surface area contributed by atoms with Crippen LogP contribution >= 0.6 is 0 Å². The van der Waals surface area contributed by atoms with Crippen molar-refractivity contribution in [3.63, 3.8) is 0 Å². The normalized spacial score (nSPS) is 25.0. The summed E-state index contributed by atoms with van der Waals surface area (Å²) in [6, 6.07) is 0. The Labute approximate surface area is 137 Å². The van der Waals surface area contributed by atoms with Crippen molar-refractivity contribution in [3.05, 3.63) is 35.5 Å². The maximum Gasteiger partial charge on any atom is 0.0892 e. The molecule has 0 aromatic heterocycles. The van der Waals surface area contributed by atoms with Crippen LogP contribution in [0.25, 0.3) is 0 Å². The Bertz CT molecular complexity index is 435. The molecule has 1 atom stereocenters. The van der Waals surface area contributed by atoms with E-state index in [0.717, 1.165) is 5.92 Å². The lowest BCUT2D eigenvalue weighted by atomic mass is 10.0. The molecule has 2 rings (SSSR count). The third kappa shape index (κ3) is 6.96. The summed E-state index contributed by atoms with van der Waals surface area (Å²) in [4.78, 5) is 0. The first-order valence-corrected chi connectivity index (χ1v) is 9.13. The fraction of sp³-hybridized carbons (Fsp3) is 0.714. The van der Waals surface area contributed by atoms with Crippen LogP contribution in [0.3, 0.4) is 0 Å². The first-order chi connectivity index (χ1) is 10.5. The Morgan fingerprint density at radius 2 is 1.64 bits per heavy atom. The van der Waals surface area contributed by atoms with Gasteiger partial charge >= 0.3 is 0 Å². The summed E-state index contributed by atoms with van der Waals surface area (Å²) >= 11 is 0. The number of hydrogen-bond donors (Lipinski definition) is 0. The van der Waals surface area contributed by atoms with Crippen molar-refractivity contribution in [2.24, 2.45) is 5.92 Å². The Morgan fingerprint density at radius 3 is 2.27 bits per heavy atom. The standard InChI is InChI=1S/C21H34O/c1-17(9-6-5-7-12-19-14-15-19)10-8-11-18(2)13-16-20-21(3,4)22-20/h7,9,11-12,19-20H,5-6,8,10,13-16H2,1-4H3/b12-7+,17-9+,18-11+. The van der Waals surface area contributed by atoms with Crippen LogP contribution in [-0.2, 0) is 4.74 Å². The third-order valence-corrected chi connectivity index (χ3v) is 4.85. The maximum atomic E-state index is 5.64. The molecule has 0 spiro atoms. The highest BCUT2D eigenvalue weighted by Gasteiger charge is 2.46. The number of rotatable bonds is 10. The van der Waals surface area contributed by atoms with Gasteiger partial charge in [-0.1, -0.05) is 35.5 Å². The first-order valence-electron chi connectivity index (χ1n) is 9.13. The molecular weight excluding hydrogens is 268 g/mol. The van der Waals surface area contributed by atoms with Gasteiger partial charge in [0.2, 0.25) is 0 Å². The maximum absolute atomic E-state index is 5.64. The van der Waals surface area contributed by atoms with E-state index < -0.39 is 0 Å². The lowest BCUT2D eigenvalue weighted by Gasteiger charge is -2.02. The highest BCUT2D eigenvalue weighted by Crippen LogP contribution is 2.38. The second-order valence-corrected chi connectivity index (χ2v) is 7.73. The van der Waals surface area contributed by atoms with Crippen LogP contribution in [0.5, 0.6) is 0 Å². The lowest BCUT2D eigenvalue weighted by Crippen LogP contribution is -2.02. The molecule has 22 heavy (non-hydrogen) atoms. The van der Waals surface area contributed by atoms with Crippen molar-refractivity contribution in [3.8, 4) is 0 Å². The molecule has 1 saturated carbocycles. The molecule has 1 aliphatic heterocycles. The second-order valence-electron chi connectivity index (χ2n) is 7.73. The quantitative estimate of drug-likeness (QED) is 0.260. The Morgan fingerprint density at radius 1 is 1.00 bits per heavy atom. The van der Waals surface area contributed by atoms with E-state index in [0.29, 0.717) is 6.10 Å². The van der Waals surface area contributed by atoms with Crippen molar-refractivity contribution in [1.82, 2.24) is 0 Å². The van der Waals surface area contributed by atoms with Gasteiger partial charge in [0.15, 0.2) is 0 Å². The van der Waals surface area contributed by atoms with Crippen LogP contribution in [0.2, 0.25) is 0 Å². The van der Waals surface area contributed by atoms with Crippen molar-refractivity contribution >= 4 is 0 Å². The van der Waals surface area contributed by atoms with Gasteiger partial charge in [-0.25, -0.2) is 0 Å². The fourth-order valence-electron chi connectivity index (χ4n) is 2.85. The molecule has 0 amide bonds. The molecule has 1 unspecified atom stereocenters. The second kappa shape index (κ2) is 8.15. The summed E-state index contributed by atoms with van der Waals surface area (Å²) in [7, 11) is 0. The van der Waals surface area contributed by atoms with Crippen LogP contribution in [0.1, 0.15) is 79.1 Å². The van der Waals surface area contributed by atoms with Gasteiger partial charge in [0.05, 0.1) is 11.7 Å². The number of hydrogen-bond acceptors (Lipinski definition) is 1. The van der Waals surface area contributed by atoms with Gasteiger partial charge in [-0.05, 0) is 85.0 Å². The highest BCUT2D eigenvalue weighted by molar-refractivity contribution is 5.06. The van der Waals surface area contributed by atoms with Gasteiger partial charge in [0.25, 0.3) is 0 Å². The topological polar surface area (TPSA) is 12.5 Å². The van der Waals surface area contributed by atoms with Crippen LogP contribution < -0.4 is 0 Å². The van der Waals surface area contributed by atoms with Gasteiger partial charge in [-0.2, -0.15) is 0 Å². The molecule has 1 nitrogen and oxygen atoms in total. The first kappa shape index (κ1) is 17.5. The average Bonchev–Trinajstić information content (AvgIpc) is 3.35. The summed E-state index contributed by atoms with van der Waals surface area (Å²) < 4.78 is 5.64. The molecule has 1 heteroatoms. The summed E-state index contributed by atoms with van der Waals surface area (Å²) in [6.07, 6.45) is 20.1. The van der Waals surface area contributed by atoms with E-state index in [4.69, 9.17) is 4.74 Å². The number of ether oxygens (including phenoxy) is 1. The minimum absolute atomic E-state index is 0.146. The van der Waals surface area contributed by atoms with E-state index in [1.54, 1.807) is 0 Å². The number of allylic oxidation sites excluding steroid dienone is 6.